The Hall–Kier alpha value is -1.26. The minimum Gasteiger partial charge on any atom is -0.482 e. The van der Waals surface area contributed by atoms with Gasteiger partial charge in [0.05, 0.1) is 5.02 Å². The molecule has 0 aromatic heterocycles. The first kappa shape index (κ1) is 15.8. The van der Waals surface area contributed by atoms with E-state index in [9.17, 15) is 4.79 Å². The summed E-state index contributed by atoms with van der Waals surface area (Å²) < 4.78 is 5.41. The molecule has 0 aliphatic heterocycles. The van der Waals surface area contributed by atoms with Crippen LogP contribution < -0.4 is 15.4 Å². The van der Waals surface area contributed by atoms with Crippen LogP contribution in [0.25, 0.3) is 0 Å². The van der Waals surface area contributed by atoms with Gasteiger partial charge in [0.25, 0.3) is 5.91 Å². The Bertz CT molecular complexity index is 442. The standard InChI is InChI=1S/C14H21ClN2O2/c1-14(2,3)17-13(18)9-19-12-6-5-10(8-16-4)7-11(12)15/h5-7,16H,8-9H2,1-4H3,(H,17,18). The van der Waals surface area contributed by atoms with E-state index < -0.39 is 0 Å². The highest BCUT2D eigenvalue weighted by Gasteiger charge is 2.14. The molecule has 0 saturated heterocycles. The number of hydrogen-bond acceptors (Lipinski definition) is 3. The summed E-state index contributed by atoms with van der Waals surface area (Å²) in [6.45, 7) is 6.46. The SMILES string of the molecule is CNCc1ccc(OCC(=O)NC(C)(C)C)c(Cl)c1. The number of amides is 1. The molecule has 0 saturated carbocycles. The normalized spacial score (nSPS) is 11.2. The van der Waals surface area contributed by atoms with Crippen LogP contribution in [0.2, 0.25) is 5.02 Å². The Morgan fingerprint density at radius 3 is 2.58 bits per heavy atom. The molecule has 0 aliphatic rings. The molecule has 1 aromatic carbocycles. The maximum atomic E-state index is 11.6. The van der Waals surface area contributed by atoms with Gasteiger partial charge in [0.2, 0.25) is 0 Å². The van der Waals surface area contributed by atoms with Gasteiger partial charge in [-0.1, -0.05) is 17.7 Å². The van der Waals surface area contributed by atoms with Crippen LogP contribution in [0.1, 0.15) is 26.3 Å². The van der Waals surface area contributed by atoms with E-state index in [2.05, 4.69) is 10.6 Å². The average molecular weight is 285 g/mol. The molecule has 1 aromatic rings. The second-order valence-corrected chi connectivity index (χ2v) is 5.79. The zero-order valence-corrected chi connectivity index (χ0v) is 12.6. The van der Waals surface area contributed by atoms with Crippen LogP contribution in [0.3, 0.4) is 0 Å². The van der Waals surface area contributed by atoms with Gasteiger partial charge in [0.15, 0.2) is 6.61 Å². The Labute approximate surface area is 119 Å². The molecular weight excluding hydrogens is 264 g/mol. The molecule has 0 atom stereocenters. The molecule has 4 nitrogen and oxygen atoms in total. The van der Waals surface area contributed by atoms with Crippen molar-refractivity contribution in [1.82, 2.24) is 10.6 Å². The quantitative estimate of drug-likeness (QED) is 0.873. The van der Waals surface area contributed by atoms with Crippen molar-refractivity contribution in [3.05, 3.63) is 28.8 Å². The third kappa shape index (κ3) is 5.94. The van der Waals surface area contributed by atoms with Gasteiger partial charge in [-0.05, 0) is 45.5 Å². The van der Waals surface area contributed by atoms with Crippen LogP contribution in [0.4, 0.5) is 0 Å². The molecular formula is C14H21ClN2O2. The molecule has 2 N–H and O–H groups in total. The van der Waals surface area contributed by atoms with Crippen molar-refractivity contribution in [1.29, 1.82) is 0 Å². The van der Waals surface area contributed by atoms with Gasteiger partial charge in [0.1, 0.15) is 5.75 Å². The molecule has 0 spiro atoms. The highest BCUT2D eigenvalue weighted by molar-refractivity contribution is 6.32. The second-order valence-electron chi connectivity index (χ2n) is 5.38. The minimum atomic E-state index is -0.263. The topological polar surface area (TPSA) is 50.4 Å². The van der Waals surface area contributed by atoms with Gasteiger partial charge in [0, 0.05) is 12.1 Å². The molecule has 19 heavy (non-hydrogen) atoms. The Morgan fingerprint density at radius 1 is 1.37 bits per heavy atom. The number of benzene rings is 1. The van der Waals surface area contributed by atoms with Crippen molar-refractivity contribution >= 4 is 17.5 Å². The lowest BCUT2D eigenvalue weighted by Gasteiger charge is -2.20. The number of carbonyl (C=O) groups is 1. The summed E-state index contributed by atoms with van der Waals surface area (Å²) in [7, 11) is 1.87. The third-order valence-corrected chi connectivity index (χ3v) is 2.55. The molecule has 5 heteroatoms. The van der Waals surface area contributed by atoms with E-state index in [-0.39, 0.29) is 18.1 Å². The summed E-state index contributed by atoms with van der Waals surface area (Å²) in [5, 5.41) is 6.38. The predicted molar refractivity (Wildman–Crippen MR) is 77.6 cm³/mol. The van der Waals surface area contributed by atoms with E-state index in [0.29, 0.717) is 10.8 Å². The Kier molecular flexibility index (Phi) is 5.63. The lowest BCUT2D eigenvalue weighted by Crippen LogP contribution is -2.43. The first-order valence-electron chi connectivity index (χ1n) is 6.18. The van der Waals surface area contributed by atoms with E-state index in [1.165, 1.54) is 0 Å². The van der Waals surface area contributed by atoms with Crippen molar-refractivity contribution in [3.63, 3.8) is 0 Å². The van der Waals surface area contributed by atoms with Gasteiger partial charge in [-0.2, -0.15) is 0 Å². The number of halogens is 1. The van der Waals surface area contributed by atoms with Crippen molar-refractivity contribution in [2.75, 3.05) is 13.7 Å². The average Bonchev–Trinajstić information content (AvgIpc) is 2.26. The number of rotatable bonds is 5. The molecule has 0 heterocycles. The maximum Gasteiger partial charge on any atom is 0.258 e. The summed E-state index contributed by atoms with van der Waals surface area (Å²) in [4.78, 5) is 11.6. The van der Waals surface area contributed by atoms with Crippen LogP contribution in [-0.4, -0.2) is 25.1 Å². The molecule has 1 rings (SSSR count). The fraction of sp³-hybridized carbons (Fsp3) is 0.500. The fourth-order valence-corrected chi connectivity index (χ4v) is 1.83. The van der Waals surface area contributed by atoms with Crippen LogP contribution in [0.5, 0.6) is 5.75 Å². The fourth-order valence-electron chi connectivity index (χ4n) is 1.57. The molecule has 1 amide bonds. The summed E-state index contributed by atoms with van der Waals surface area (Å²) in [5.74, 6) is 0.355. The van der Waals surface area contributed by atoms with Crippen LogP contribution in [0, 0.1) is 0 Å². The first-order chi connectivity index (χ1) is 8.81. The zero-order valence-electron chi connectivity index (χ0n) is 11.8. The second kappa shape index (κ2) is 6.78. The lowest BCUT2D eigenvalue weighted by atomic mass is 10.1. The molecule has 0 fully saturated rings. The summed E-state index contributed by atoms with van der Waals surface area (Å²) in [6, 6.07) is 5.52. The van der Waals surface area contributed by atoms with E-state index in [1.54, 1.807) is 6.07 Å². The van der Waals surface area contributed by atoms with Crippen molar-refractivity contribution in [2.45, 2.75) is 32.9 Å². The smallest absolute Gasteiger partial charge is 0.258 e. The van der Waals surface area contributed by atoms with Crippen LogP contribution >= 0.6 is 11.6 Å². The number of nitrogens with one attached hydrogen (secondary N) is 2. The molecule has 0 aliphatic carbocycles. The van der Waals surface area contributed by atoms with Gasteiger partial charge >= 0.3 is 0 Å². The number of hydrogen-bond donors (Lipinski definition) is 2. The molecule has 0 unspecified atom stereocenters. The van der Waals surface area contributed by atoms with Crippen molar-refractivity contribution < 1.29 is 9.53 Å². The summed E-state index contributed by atoms with van der Waals surface area (Å²) in [6.07, 6.45) is 0. The van der Waals surface area contributed by atoms with Crippen LogP contribution in [0.15, 0.2) is 18.2 Å². The van der Waals surface area contributed by atoms with Crippen molar-refractivity contribution in [3.8, 4) is 5.75 Å². The Balaban J connectivity index is 2.56. The van der Waals surface area contributed by atoms with Crippen LogP contribution in [-0.2, 0) is 11.3 Å². The highest BCUT2D eigenvalue weighted by Crippen LogP contribution is 2.25. The largest absolute Gasteiger partial charge is 0.482 e. The van der Waals surface area contributed by atoms with E-state index in [4.69, 9.17) is 16.3 Å². The number of carbonyl (C=O) groups excluding carboxylic acids is 1. The molecule has 0 bridgehead atoms. The first-order valence-corrected chi connectivity index (χ1v) is 6.56. The monoisotopic (exact) mass is 284 g/mol. The van der Waals surface area contributed by atoms with Gasteiger partial charge in [-0.15, -0.1) is 0 Å². The maximum absolute atomic E-state index is 11.6. The molecule has 0 radical (unpaired) electrons. The van der Waals surface area contributed by atoms with E-state index in [0.717, 1.165) is 12.1 Å². The third-order valence-electron chi connectivity index (χ3n) is 2.25. The van der Waals surface area contributed by atoms with E-state index >= 15 is 0 Å². The zero-order chi connectivity index (χ0) is 14.5. The minimum absolute atomic E-state index is 0.0393. The predicted octanol–water partition coefficient (Wildman–Crippen LogP) is 2.35. The molecule has 106 valence electrons. The summed E-state index contributed by atoms with van der Waals surface area (Å²) >= 11 is 6.10. The van der Waals surface area contributed by atoms with E-state index in [1.807, 2.05) is 40.0 Å². The number of ether oxygens (including phenoxy) is 1. The van der Waals surface area contributed by atoms with Gasteiger partial charge in [-0.3, -0.25) is 4.79 Å². The summed E-state index contributed by atoms with van der Waals surface area (Å²) in [5.41, 5.74) is 0.806. The Morgan fingerprint density at radius 2 is 2.05 bits per heavy atom. The van der Waals surface area contributed by atoms with Gasteiger partial charge < -0.3 is 15.4 Å². The van der Waals surface area contributed by atoms with Crippen molar-refractivity contribution in [2.24, 2.45) is 0 Å². The lowest BCUT2D eigenvalue weighted by molar-refractivity contribution is -0.124. The van der Waals surface area contributed by atoms with Gasteiger partial charge in [-0.25, -0.2) is 0 Å². The highest BCUT2D eigenvalue weighted by atomic mass is 35.5.